The lowest BCUT2D eigenvalue weighted by Gasteiger charge is -1.96. The van der Waals surface area contributed by atoms with Crippen molar-refractivity contribution in [1.29, 1.82) is 0 Å². The van der Waals surface area contributed by atoms with Crippen LogP contribution in [-0.2, 0) is 4.79 Å². The summed E-state index contributed by atoms with van der Waals surface area (Å²) in [6, 6.07) is 6.31. The highest BCUT2D eigenvalue weighted by atomic mass is 19.2. The van der Waals surface area contributed by atoms with Gasteiger partial charge in [0.15, 0.2) is 29.1 Å². The molecule has 0 bridgehead atoms. The van der Waals surface area contributed by atoms with Gasteiger partial charge in [0.1, 0.15) is 5.76 Å². The molecule has 0 radical (unpaired) electrons. The SMILES string of the molecule is O=C(/C=C(O)/C=C/c1ccc(F)c(F)c1)/C=C/c1ccc(F)c(F)c1. The zero-order valence-electron chi connectivity index (χ0n) is 12.7. The minimum Gasteiger partial charge on any atom is -0.508 e. The van der Waals surface area contributed by atoms with Crippen LogP contribution in [0, 0.1) is 23.3 Å². The molecule has 0 fully saturated rings. The van der Waals surface area contributed by atoms with Crippen molar-refractivity contribution in [1.82, 2.24) is 0 Å². The van der Waals surface area contributed by atoms with E-state index in [1.807, 2.05) is 0 Å². The molecule has 6 heteroatoms. The lowest BCUT2D eigenvalue weighted by atomic mass is 10.1. The fraction of sp³-hybridized carbons (Fsp3) is 0. The van der Waals surface area contributed by atoms with E-state index in [-0.39, 0.29) is 5.56 Å². The molecule has 128 valence electrons. The molecule has 0 heterocycles. The van der Waals surface area contributed by atoms with Crippen molar-refractivity contribution in [2.45, 2.75) is 0 Å². The predicted octanol–water partition coefficient (Wildman–Crippen LogP) is 4.98. The van der Waals surface area contributed by atoms with Crippen LogP contribution < -0.4 is 0 Å². The van der Waals surface area contributed by atoms with E-state index in [0.717, 1.165) is 42.5 Å². The van der Waals surface area contributed by atoms with Crippen LogP contribution in [0.1, 0.15) is 11.1 Å². The van der Waals surface area contributed by atoms with Crippen molar-refractivity contribution in [3.63, 3.8) is 0 Å². The maximum Gasteiger partial charge on any atom is 0.182 e. The monoisotopic (exact) mass is 348 g/mol. The first-order valence-corrected chi connectivity index (χ1v) is 7.06. The van der Waals surface area contributed by atoms with Crippen molar-refractivity contribution in [2.75, 3.05) is 0 Å². The van der Waals surface area contributed by atoms with E-state index in [2.05, 4.69) is 0 Å². The molecule has 0 atom stereocenters. The molecule has 25 heavy (non-hydrogen) atoms. The first-order valence-electron chi connectivity index (χ1n) is 7.06. The normalized spacial score (nSPS) is 12.2. The van der Waals surface area contributed by atoms with Gasteiger partial charge in [-0.15, -0.1) is 0 Å². The summed E-state index contributed by atoms with van der Waals surface area (Å²) in [6.07, 6.45) is 5.63. The third kappa shape index (κ3) is 5.46. The highest BCUT2D eigenvalue weighted by Crippen LogP contribution is 2.12. The van der Waals surface area contributed by atoms with Gasteiger partial charge in [0.05, 0.1) is 0 Å². The Hall–Kier alpha value is -3.15. The van der Waals surface area contributed by atoms with E-state index in [9.17, 15) is 27.5 Å². The number of benzene rings is 2. The number of hydrogen-bond donors (Lipinski definition) is 1. The number of ketones is 1. The quantitative estimate of drug-likeness (QED) is 0.358. The fourth-order valence-corrected chi connectivity index (χ4v) is 1.83. The lowest BCUT2D eigenvalue weighted by molar-refractivity contribution is -0.110. The first kappa shape index (κ1) is 18.2. The number of halogens is 4. The van der Waals surface area contributed by atoms with E-state index in [0.29, 0.717) is 5.56 Å². The molecule has 1 N–H and O–H groups in total. The van der Waals surface area contributed by atoms with Gasteiger partial charge in [0.2, 0.25) is 0 Å². The smallest absolute Gasteiger partial charge is 0.182 e. The number of allylic oxidation sites excluding steroid dienone is 3. The van der Waals surface area contributed by atoms with Crippen LogP contribution in [0.3, 0.4) is 0 Å². The topological polar surface area (TPSA) is 37.3 Å². The van der Waals surface area contributed by atoms with Crippen molar-refractivity contribution >= 4 is 17.9 Å². The van der Waals surface area contributed by atoms with Crippen LogP contribution in [0.2, 0.25) is 0 Å². The summed E-state index contributed by atoms with van der Waals surface area (Å²) >= 11 is 0. The van der Waals surface area contributed by atoms with E-state index < -0.39 is 34.8 Å². The second-order valence-corrected chi connectivity index (χ2v) is 4.99. The molecule has 0 aliphatic carbocycles. The minimum atomic E-state index is -1.04. The molecule has 2 aromatic rings. The number of carbonyl (C=O) groups excluding carboxylic acids is 1. The molecule has 0 aromatic heterocycles. The average molecular weight is 348 g/mol. The van der Waals surface area contributed by atoms with Gasteiger partial charge in [-0.2, -0.15) is 0 Å². The molecule has 0 aliphatic heterocycles. The second-order valence-electron chi connectivity index (χ2n) is 4.99. The first-order chi connectivity index (χ1) is 11.8. The summed E-state index contributed by atoms with van der Waals surface area (Å²) in [5.74, 6) is -5.07. The van der Waals surface area contributed by atoms with Gasteiger partial charge in [0, 0.05) is 6.08 Å². The number of aliphatic hydroxyl groups is 1. The van der Waals surface area contributed by atoms with E-state index >= 15 is 0 Å². The highest BCUT2D eigenvalue weighted by Gasteiger charge is 2.02. The predicted molar refractivity (Wildman–Crippen MR) is 86.5 cm³/mol. The Morgan fingerprint density at radius 3 is 1.72 bits per heavy atom. The Morgan fingerprint density at radius 1 is 0.760 bits per heavy atom. The molecule has 0 spiro atoms. The standard InChI is InChI=1S/C19H12F4O2/c20-16-7-3-12(9-18(16)22)1-5-14(24)11-15(25)6-2-13-4-8-17(21)19(23)10-13/h1-11,24H/b5-1+,6-2+,14-11-. The molecule has 0 unspecified atom stereocenters. The maximum atomic E-state index is 13.0. The van der Waals surface area contributed by atoms with Crippen LogP contribution in [0.5, 0.6) is 0 Å². The van der Waals surface area contributed by atoms with Crippen LogP contribution >= 0.6 is 0 Å². The van der Waals surface area contributed by atoms with Gasteiger partial charge in [0.25, 0.3) is 0 Å². The van der Waals surface area contributed by atoms with Gasteiger partial charge in [-0.1, -0.05) is 24.3 Å². The number of rotatable bonds is 5. The van der Waals surface area contributed by atoms with Crippen molar-refractivity contribution in [3.8, 4) is 0 Å². The molecule has 0 saturated heterocycles. The molecule has 2 nitrogen and oxygen atoms in total. The molecular formula is C19H12F4O2. The Balaban J connectivity index is 2.03. The van der Waals surface area contributed by atoms with Crippen LogP contribution in [0.15, 0.2) is 60.4 Å². The molecule has 0 amide bonds. The average Bonchev–Trinajstić information content (AvgIpc) is 2.57. The fourth-order valence-electron chi connectivity index (χ4n) is 1.83. The van der Waals surface area contributed by atoms with E-state index in [1.54, 1.807) is 0 Å². The Morgan fingerprint density at radius 2 is 1.24 bits per heavy atom. The summed E-state index contributed by atoms with van der Waals surface area (Å²) < 4.78 is 51.6. The van der Waals surface area contributed by atoms with Crippen molar-refractivity contribution in [2.24, 2.45) is 0 Å². The van der Waals surface area contributed by atoms with Gasteiger partial charge >= 0.3 is 0 Å². The Bertz CT molecular complexity index is 883. The van der Waals surface area contributed by atoms with Crippen LogP contribution in [0.4, 0.5) is 17.6 Å². The summed E-state index contributed by atoms with van der Waals surface area (Å²) in [5, 5.41) is 9.62. The Kier molecular flexibility index (Phi) is 5.89. The Labute approximate surface area is 141 Å². The third-order valence-corrected chi connectivity index (χ3v) is 3.06. The zero-order valence-corrected chi connectivity index (χ0v) is 12.7. The minimum absolute atomic E-state index is 0.275. The zero-order chi connectivity index (χ0) is 18.4. The summed E-state index contributed by atoms with van der Waals surface area (Å²) in [7, 11) is 0. The third-order valence-electron chi connectivity index (χ3n) is 3.06. The maximum absolute atomic E-state index is 13.0. The van der Waals surface area contributed by atoms with Crippen molar-refractivity contribution in [3.05, 3.63) is 94.8 Å². The summed E-state index contributed by atoms with van der Waals surface area (Å²) in [5.41, 5.74) is 0.570. The van der Waals surface area contributed by atoms with E-state index in [1.165, 1.54) is 24.3 Å². The summed E-state index contributed by atoms with van der Waals surface area (Å²) in [6.45, 7) is 0. The molecule has 2 aromatic carbocycles. The lowest BCUT2D eigenvalue weighted by Crippen LogP contribution is -1.89. The van der Waals surface area contributed by atoms with Crippen LogP contribution in [0.25, 0.3) is 12.2 Å². The van der Waals surface area contributed by atoms with Gasteiger partial charge in [-0.05, 0) is 47.5 Å². The number of hydrogen-bond acceptors (Lipinski definition) is 2. The van der Waals surface area contributed by atoms with E-state index in [4.69, 9.17) is 0 Å². The second kappa shape index (κ2) is 8.10. The van der Waals surface area contributed by atoms with Crippen LogP contribution in [-0.4, -0.2) is 10.9 Å². The molecule has 2 rings (SSSR count). The largest absolute Gasteiger partial charge is 0.508 e. The van der Waals surface area contributed by atoms with Crippen molar-refractivity contribution < 1.29 is 27.5 Å². The number of carbonyl (C=O) groups is 1. The van der Waals surface area contributed by atoms with Gasteiger partial charge in [-0.3, -0.25) is 4.79 Å². The number of aliphatic hydroxyl groups excluding tert-OH is 1. The molecule has 0 aliphatic rings. The highest BCUT2D eigenvalue weighted by molar-refractivity contribution is 6.02. The van der Waals surface area contributed by atoms with Gasteiger partial charge < -0.3 is 5.11 Å². The summed E-state index contributed by atoms with van der Waals surface area (Å²) in [4.78, 5) is 11.7. The molecule has 0 saturated carbocycles. The van der Waals surface area contributed by atoms with Gasteiger partial charge in [-0.25, -0.2) is 17.6 Å². The molecular weight excluding hydrogens is 336 g/mol.